The number of likely N-dealkylation sites (tertiary alicyclic amines) is 1. The van der Waals surface area contributed by atoms with Crippen molar-refractivity contribution in [3.05, 3.63) is 85.5 Å². The van der Waals surface area contributed by atoms with Gasteiger partial charge in [0.1, 0.15) is 23.8 Å². The van der Waals surface area contributed by atoms with E-state index in [0.29, 0.717) is 30.6 Å². The maximum Gasteiger partial charge on any atom is 0.250 e. The largest absolute Gasteiger partial charge is 0.394 e. The van der Waals surface area contributed by atoms with Crippen LogP contribution in [0, 0.1) is 11.8 Å². The van der Waals surface area contributed by atoms with Gasteiger partial charge in [-0.15, -0.1) is 18.3 Å². The number of fused-ring (bicyclic) bond motifs is 2. The molecular formula is C34H39BrN6O5. The van der Waals surface area contributed by atoms with Crippen LogP contribution in [0.5, 0.6) is 0 Å². The molecule has 1 N–H and O–H groups in total. The van der Waals surface area contributed by atoms with Crippen LogP contribution in [0.2, 0.25) is 0 Å². The number of aromatic nitrogens is 3. The van der Waals surface area contributed by atoms with Crippen molar-refractivity contribution in [1.82, 2.24) is 29.7 Å². The molecule has 7 atom stereocenters. The zero-order chi connectivity index (χ0) is 32.6. The summed E-state index contributed by atoms with van der Waals surface area (Å²) in [6.45, 7) is 10.3. The SMILES string of the molecule is C=CCN(Cn1nnc2ccccc21)C(=O)C1N([C@H](CO)c2ccccc2)C(=O)[C@@H]2[C@@H](C(=O)N(CC=C)CCC)[C@@H]3OC12CC3Br. The predicted octanol–water partition coefficient (Wildman–Crippen LogP) is 3.31. The molecule has 12 heteroatoms. The van der Waals surface area contributed by atoms with Gasteiger partial charge in [0.2, 0.25) is 17.7 Å². The summed E-state index contributed by atoms with van der Waals surface area (Å²) in [5.41, 5.74) is 0.814. The van der Waals surface area contributed by atoms with Gasteiger partial charge >= 0.3 is 0 Å². The minimum atomic E-state index is -1.30. The average Bonchev–Trinajstić information content (AvgIpc) is 3.78. The van der Waals surface area contributed by atoms with Crippen LogP contribution in [0.3, 0.4) is 0 Å². The molecule has 242 valence electrons. The van der Waals surface area contributed by atoms with E-state index in [2.05, 4.69) is 39.4 Å². The lowest BCUT2D eigenvalue weighted by atomic mass is 9.70. The Kier molecular flexibility index (Phi) is 9.13. The van der Waals surface area contributed by atoms with Crippen molar-refractivity contribution in [3.63, 3.8) is 0 Å². The molecule has 0 radical (unpaired) electrons. The number of carbonyl (C=O) groups is 3. The summed E-state index contributed by atoms with van der Waals surface area (Å²) in [5, 5.41) is 19.4. The van der Waals surface area contributed by atoms with Gasteiger partial charge in [-0.2, -0.15) is 0 Å². The molecule has 3 unspecified atom stereocenters. The molecule has 2 bridgehead atoms. The van der Waals surface area contributed by atoms with Crippen LogP contribution in [-0.2, 0) is 25.8 Å². The number of aliphatic hydroxyl groups excluding tert-OH is 1. The number of alkyl halides is 1. The van der Waals surface area contributed by atoms with Crippen LogP contribution in [0.1, 0.15) is 31.4 Å². The van der Waals surface area contributed by atoms with Crippen LogP contribution in [0.25, 0.3) is 11.0 Å². The molecule has 3 aromatic rings. The first-order chi connectivity index (χ1) is 22.3. The Hall–Kier alpha value is -3.87. The zero-order valence-corrected chi connectivity index (χ0v) is 27.4. The first kappa shape index (κ1) is 32.1. The number of aliphatic hydroxyl groups is 1. The molecule has 3 fully saturated rings. The van der Waals surface area contributed by atoms with Crippen LogP contribution < -0.4 is 0 Å². The van der Waals surface area contributed by atoms with Gasteiger partial charge < -0.3 is 24.5 Å². The van der Waals surface area contributed by atoms with Gasteiger partial charge in [0.25, 0.3) is 0 Å². The number of rotatable bonds is 13. The number of benzene rings is 2. The Labute approximate surface area is 276 Å². The molecule has 1 spiro atoms. The minimum absolute atomic E-state index is 0.0485. The predicted molar refractivity (Wildman–Crippen MR) is 175 cm³/mol. The van der Waals surface area contributed by atoms with Gasteiger partial charge in [-0.05, 0) is 30.5 Å². The Morgan fingerprint density at radius 3 is 2.50 bits per heavy atom. The molecule has 2 aromatic carbocycles. The van der Waals surface area contributed by atoms with Crippen molar-refractivity contribution in [2.45, 2.75) is 55.0 Å². The molecule has 46 heavy (non-hydrogen) atoms. The summed E-state index contributed by atoms with van der Waals surface area (Å²) in [4.78, 5) is 48.5. The highest BCUT2D eigenvalue weighted by Crippen LogP contribution is 2.61. The maximum absolute atomic E-state index is 15.0. The number of ether oxygens (including phenoxy) is 1. The molecule has 1 aromatic heterocycles. The molecule has 3 amide bonds. The highest BCUT2D eigenvalue weighted by molar-refractivity contribution is 9.09. The molecule has 0 aliphatic carbocycles. The molecule has 6 rings (SSSR count). The van der Waals surface area contributed by atoms with Crippen LogP contribution in [-0.4, -0.2) is 101 Å². The first-order valence-corrected chi connectivity index (χ1v) is 16.6. The fourth-order valence-electron chi connectivity index (χ4n) is 7.65. The average molecular weight is 692 g/mol. The number of amides is 3. The molecule has 4 heterocycles. The quantitative estimate of drug-likeness (QED) is 0.216. The van der Waals surface area contributed by atoms with Gasteiger partial charge in [0, 0.05) is 24.5 Å². The van der Waals surface area contributed by atoms with Gasteiger partial charge in [-0.25, -0.2) is 4.68 Å². The van der Waals surface area contributed by atoms with Crippen molar-refractivity contribution in [1.29, 1.82) is 0 Å². The fraction of sp³-hybridized carbons (Fsp3) is 0.441. The Morgan fingerprint density at radius 1 is 1.11 bits per heavy atom. The van der Waals surface area contributed by atoms with Gasteiger partial charge in [0.15, 0.2) is 0 Å². The van der Waals surface area contributed by atoms with Crippen molar-refractivity contribution < 1.29 is 24.2 Å². The van der Waals surface area contributed by atoms with Gasteiger partial charge in [0.05, 0.1) is 36.1 Å². The molecule has 3 saturated heterocycles. The summed E-state index contributed by atoms with van der Waals surface area (Å²) >= 11 is 3.76. The van der Waals surface area contributed by atoms with E-state index < -0.39 is 42.2 Å². The first-order valence-electron chi connectivity index (χ1n) is 15.7. The number of hydrogen-bond donors (Lipinski definition) is 1. The number of para-hydroxylation sites is 1. The Bertz CT molecular complexity index is 1630. The Morgan fingerprint density at radius 2 is 1.80 bits per heavy atom. The number of hydrogen-bond acceptors (Lipinski definition) is 7. The highest BCUT2D eigenvalue weighted by Gasteiger charge is 2.77. The second-order valence-corrected chi connectivity index (χ2v) is 13.3. The number of halogens is 1. The monoisotopic (exact) mass is 690 g/mol. The van der Waals surface area contributed by atoms with Crippen molar-refractivity contribution in [3.8, 4) is 0 Å². The van der Waals surface area contributed by atoms with Crippen LogP contribution in [0.15, 0.2) is 79.9 Å². The van der Waals surface area contributed by atoms with Crippen molar-refractivity contribution >= 4 is 44.7 Å². The zero-order valence-electron chi connectivity index (χ0n) is 25.8. The van der Waals surface area contributed by atoms with E-state index in [1.54, 1.807) is 26.6 Å². The second-order valence-electron chi connectivity index (χ2n) is 12.2. The van der Waals surface area contributed by atoms with Crippen molar-refractivity contribution in [2.75, 3.05) is 26.2 Å². The van der Waals surface area contributed by atoms with E-state index in [0.717, 1.165) is 11.9 Å². The lowest BCUT2D eigenvalue weighted by Crippen LogP contribution is -2.57. The van der Waals surface area contributed by atoms with Crippen LogP contribution >= 0.6 is 15.9 Å². The maximum atomic E-state index is 15.0. The smallest absolute Gasteiger partial charge is 0.250 e. The summed E-state index contributed by atoms with van der Waals surface area (Å²) in [7, 11) is 0. The Balaban J connectivity index is 1.46. The second kappa shape index (κ2) is 13.1. The number of carbonyl (C=O) groups excluding carboxylic acids is 3. The third-order valence-electron chi connectivity index (χ3n) is 9.48. The van der Waals surface area contributed by atoms with Crippen LogP contribution in [0.4, 0.5) is 0 Å². The van der Waals surface area contributed by atoms with E-state index in [9.17, 15) is 19.5 Å². The molecule has 0 saturated carbocycles. The lowest BCUT2D eigenvalue weighted by Gasteiger charge is -2.39. The fourth-order valence-corrected chi connectivity index (χ4v) is 8.59. The summed E-state index contributed by atoms with van der Waals surface area (Å²) in [6, 6.07) is 14.7. The molecular weight excluding hydrogens is 652 g/mol. The topological polar surface area (TPSA) is 121 Å². The number of nitrogens with zero attached hydrogens (tertiary/aromatic N) is 6. The third-order valence-corrected chi connectivity index (χ3v) is 10.3. The van der Waals surface area contributed by atoms with Gasteiger partial charge in [-0.1, -0.05) is 82.7 Å². The highest BCUT2D eigenvalue weighted by atomic mass is 79.9. The minimum Gasteiger partial charge on any atom is -0.394 e. The van der Waals surface area contributed by atoms with E-state index >= 15 is 0 Å². The van der Waals surface area contributed by atoms with Gasteiger partial charge in [-0.3, -0.25) is 14.4 Å². The summed E-state index contributed by atoms with van der Waals surface area (Å²) in [5.74, 6) is -2.66. The van der Waals surface area contributed by atoms with E-state index in [1.165, 1.54) is 4.90 Å². The summed E-state index contributed by atoms with van der Waals surface area (Å²) < 4.78 is 8.40. The van der Waals surface area contributed by atoms with Crippen molar-refractivity contribution in [2.24, 2.45) is 11.8 Å². The summed E-state index contributed by atoms with van der Waals surface area (Å²) in [6.07, 6.45) is 3.79. The van der Waals surface area contributed by atoms with E-state index in [4.69, 9.17) is 4.74 Å². The lowest BCUT2D eigenvalue weighted by molar-refractivity contribution is -0.153. The molecule has 11 nitrogen and oxygen atoms in total. The van der Waals surface area contributed by atoms with E-state index in [-0.39, 0.29) is 35.8 Å². The molecule has 3 aliphatic heterocycles. The van der Waals surface area contributed by atoms with E-state index in [1.807, 2.05) is 61.5 Å². The standard InChI is InChI=1S/C34H39BrN6O5/c1-4-16-38(17-5-2)31(43)27-28-32(44)41(26(20-42)22-12-8-7-9-13-22)30(34(28)19-23(35)29(27)46-34)33(45)39(18-6-3)21-40-25-15-11-10-14-24(25)36-37-40/h4,6-15,23,26-30,42H,1,3,5,16-21H2,2H3/t23?,26-,27-,28+,29-,30?,34?/m1/s1. The molecule has 3 aliphatic rings. The normalized spacial score (nSPS) is 27.1. The third kappa shape index (κ3) is 5.16.